The number of hydrogen-bond donors (Lipinski definition) is 0. The number of benzene rings is 1. The molecule has 1 aromatic carbocycles. The Labute approximate surface area is 178 Å². The van der Waals surface area contributed by atoms with Gasteiger partial charge in [-0.2, -0.15) is 0 Å². The zero-order valence-electron chi connectivity index (χ0n) is 16.8. The van der Waals surface area contributed by atoms with Gasteiger partial charge < -0.3 is 9.47 Å². The van der Waals surface area contributed by atoms with E-state index in [1.807, 2.05) is 6.07 Å². The van der Waals surface area contributed by atoms with Gasteiger partial charge in [0.2, 0.25) is 0 Å². The van der Waals surface area contributed by atoms with Crippen LogP contribution < -0.4 is 0 Å². The summed E-state index contributed by atoms with van der Waals surface area (Å²) in [4.78, 5) is 30.6. The molecule has 0 atom stereocenters. The fourth-order valence-corrected chi connectivity index (χ4v) is 3.20. The maximum atomic E-state index is 12.7. The fourth-order valence-electron chi connectivity index (χ4n) is 2.35. The fraction of sp³-hybridized carbons (Fsp3) is 0.450. The molecule has 152 valence electrons. The van der Waals surface area contributed by atoms with E-state index in [1.165, 1.54) is 0 Å². The molecule has 0 saturated heterocycles. The van der Waals surface area contributed by atoms with Crippen LogP contribution in [-0.2, 0) is 16.0 Å². The first-order chi connectivity index (χ1) is 12.8. The van der Waals surface area contributed by atoms with Gasteiger partial charge in [-0.05, 0) is 75.2 Å². The third-order valence-electron chi connectivity index (χ3n) is 3.41. The summed E-state index contributed by atoms with van der Waals surface area (Å²) in [5.74, 6) is 0. The molecule has 0 spiro atoms. The number of nitrogens with zero attached hydrogens (tertiary/aromatic N) is 2. The van der Waals surface area contributed by atoms with Crippen molar-refractivity contribution in [1.29, 1.82) is 0 Å². The number of rotatable bonds is 2. The monoisotopic (exact) mass is 470 g/mol. The quantitative estimate of drug-likeness (QED) is 0.512. The highest BCUT2D eigenvalue weighted by atomic mass is 79.9. The van der Waals surface area contributed by atoms with Crippen LogP contribution in [0.3, 0.4) is 0 Å². The van der Waals surface area contributed by atoms with Crippen molar-refractivity contribution in [2.24, 2.45) is 0 Å². The number of pyridine rings is 1. The van der Waals surface area contributed by atoms with E-state index in [-0.39, 0.29) is 6.54 Å². The molecule has 8 heteroatoms. The van der Waals surface area contributed by atoms with E-state index in [0.717, 1.165) is 10.3 Å². The average molecular weight is 472 g/mol. The molecule has 0 N–H and O–H groups in total. The summed E-state index contributed by atoms with van der Waals surface area (Å²) >= 11 is 9.89. The Morgan fingerprint density at radius 1 is 1.11 bits per heavy atom. The molecule has 0 unspecified atom stereocenters. The van der Waals surface area contributed by atoms with Gasteiger partial charge in [-0.1, -0.05) is 17.7 Å². The van der Waals surface area contributed by atoms with E-state index in [9.17, 15) is 9.59 Å². The van der Waals surface area contributed by atoms with Gasteiger partial charge in [0, 0.05) is 16.1 Å². The van der Waals surface area contributed by atoms with Crippen LogP contribution in [0.1, 0.15) is 47.1 Å². The van der Waals surface area contributed by atoms with E-state index >= 15 is 0 Å². The van der Waals surface area contributed by atoms with Crippen molar-refractivity contribution in [3.05, 3.63) is 39.5 Å². The predicted molar refractivity (Wildman–Crippen MR) is 112 cm³/mol. The molecular formula is C20H24BrClN2O4. The lowest BCUT2D eigenvalue weighted by Crippen LogP contribution is -2.43. The van der Waals surface area contributed by atoms with Gasteiger partial charge in [0.05, 0.1) is 17.1 Å². The second-order valence-electron chi connectivity index (χ2n) is 8.28. The summed E-state index contributed by atoms with van der Waals surface area (Å²) in [6, 6.07) is 5.31. The predicted octanol–water partition coefficient (Wildman–Crippen LogP) is 6.32. The van der Waals surface area contributed by atoms with Crippen LogP contribution in [0.2, 0.25) is 5.02 Å². The van der Waals surface area contributed by atoms with Gasteiger partial charge in [-0.15, -0.1) is 0 Å². The van der Waals surface area contributed by atoms with Crippen molar-refractivity contribution in [2.75, 3.05) is 0 Å². The lowest BCUT2D eigenvalue weighted by Gasteiger charge is -2.29. The van der Waals surface area contributed by atoms with Crippen LogP contribution in [0.5, 0.6) is 0 Å². The topological polar surface area (TPSA) is 68.7 Å². The average Bonchev–Trinajstić information content (AvgIpc) is 2.53. The van der Waals surface area contributed by atoms with Crippen LogP contribution in [0.15, 0.2) is 28.9 Å². The number of hydrogen-bond acceptors (Lipinski definition) is 5. The third-order valence-corrected chi connectivity index (χ3v) is 4.63. The molecule has 6 nitrogen and oxygen atoms in total. The minimum Gasteiger partial charge on any atom is -0.443 e. The smallest absolute Gasteiger partial charge is 0.420 e. The van der Waals surface area contributed by atoms with E-state index in [1.54, 1.807) is 59.9 Å². The Morgan fingerprint density at radius 2 is 1.64 bits per heavy atom. The molecule has 0 bridgehead atoms. The Hall–Kier alpha value is -1.86. The summed E-state index contributed by atoms with van der Waals surface area (Å²) in [6.07, 6.45) is 0.0562. The lowest BCUT2D eigenvalue weighted by atomic mass is 10.1. The second kappa shape index (κ2) is 8.25. The first-order valence-corrected chi connectivity index (χ1v) is 9.91. The minimum atomic E-state index is -0.795. The molecule has 2 amide bonds. The van der Waals surface area contributed by atoms with E-state index in [2.05, 4.69) is 20.9 Å². The molecule has 0 aliphatic heterocycles. The van der Waals surface area contributed by atoms with Crippen LogP contribution in [-0.4, -0.2) is 33.3 Å². The highest BCUT2D eigenvalue weighted by molar-refractivity contribution is 9.10. The molecule has 0 radical (unpaired) electrons. The molecule has 2 aromatic rings. The van der Waals surface area contributed by atoms with Gasteiger partial charge >= 0.3 is 12.2 Å². The maximum Gasteiger partial charge on any atom is 0.420 e. The number of imide groups is 1. The zero-order valence-corrected chi connectivity index (χ0v) is 19.1. The number of ether oxygens (including phenoxy) is 2. The molecule has 0 aliphatic carbocycles. The summed E-state index contributed by atoms with van der Waals surface area (Å²) < 4.78 is 11.5. The third kappa shape index (κ3) is 5.82. The largest absolute Gasteiger partial charge is 0.443 e. The summed E-state index contributed by atoms with van der Waals surface area (Å²) in [7, 11) is 0. The number of halogens is 2. The number of carbonyl (C=O) groups is 2. The molecule has 0 fully saturated rings. The summed E-state index contributed by atoms with van der Waals surface area (Å²) in [6.45, 7) is 10.3. The lowest BCUT2D eigenvalue weighted by molar-refractivity contribution is -0.000274. The van der Waals surface area contributed by atoms with Gasteiger partial charge in [0.15, 0.2) is 0 Å². The van der Waals surface area contributed by atoms with Gasteiger partial charge in [-0.3, -0.25) is 4.98 Å². The first kappa shape index (κ1) is 22.4. The van der Waals surface area contributed by atoms with E-state index in [0.29, 0.717) is 20.6 Å². The first-order valence-electron chi connectivity index (χ1n) is 8.73. The number of fused-ring (bicyclic) bond motifs is 1. The Morgan fingerprint density at radius 3 is 2.14 bits per heavy atom. The molecule has 1 aromatic heterocycles. The molecule has 1 heterocycles. The summed E-state index contributed by atoms with van der Waals surface area (Å²) in [5, 5.41) is 1.19. The van der Waals surface area contributed by atoms with Crippen LogP contribution in [0.4, 0.5) is 9.59 Å². The van der Waals surface area contributed by atoms with Crippen LogP contribution in [0, 0.1) is 0 Å². The molecule has 28 heavy (non-hydrogen) atoms. The Kier molecular flexibility index (Phi) is 6.61. The van der Waals surface area contributed by atoms with E-state index < -0.39 is 23.4 Å². The Bertz CT molecular complexity index is 875. The number of carbonyl (C=O) groups excluding carboxylic acids is 2. The molecule has 2 rings (SSSR count). The highest BCUT2D eigenvalue weighted by Crippen LogP contribution is 2.33. The molecule has 0 aliphatic rings. The van der Waals surface area contributed by atoms with Crippen LogP contribution in [0.25, 0.3) is 10.9 Å². The van der Waals surface area contributed by atoms with Crippen molar-refractivity contribution in [3.8, 4) is 0 Å². The van der Waals surface area contributed by atoms with Gasteiger partial charge in [-0.25, -0.2) is 14.5 Å². The standard InChI is InChI=1S/C20H24BrClN2O4/c1-19(2,3)27-17(25)24(18(26)28-20(4,5)6)11-12-10-14(22)16-13(15(12)21)8-7-9-23-16/h7-10H,11H2,1-6H3. The van der Waals surface area contributed by atoms with Crippen molar-refractivity contribution in [2.45, 2.75) is 59.3 Å². The van der Waals surface area contributed by atoms with Gasteiger partial charge in [0.1, 0.15) is 11.2 Å². The van der Waals surface area contributed by atoms with Gasteiger partial charge in [0.25, 0.3) is 0 Å². The van der Waals surface area contributed by atoms with Crippen molar-refractivity contribution in [3.63, 3.8) is 0 Å². The minimum absolute atomic E-state index is 0.0744. The maximum absolute atomic E-state index is 12.7. The molecule has 0 saturated carbocycles. The van der Waals surface area contributed by atoms with Crippen molar-refractivity contribution in [1.82, 2.24) is 9.88 Å². The highest BCUT2D eigenvalue weighted by Gasteiger charge is 2.32. The normalized spacial score (nSPS) is 12.0. The van der Waals surface area contributed by atoms with E-state index in [4.69, 9.17) is 21.1 Å². The van der Waals surface area contributed by atoms with Crippen molar-refractivity contribution >= 4 is 50.6 Å². The SMILES string of the molecule is CC(C)(C)OC(=O)N(Cc1cc(Cl)c2ncccc2c1Br)C(=O)OC(C)(C)C. The number of amides is 2. The summed E-state index contributed by atoms with van der Waals surface area (Å²) in [5.41, 5.74) is -0.276. The van der Waals surface area contributed by atoms with Crippen molar-refractivity contribution < 1.29 is 19.1 Å². The molecular weight excluding hydrogens is 448 g/mol. The zero-order chi connectivity index (χ0) is 21.3. The Balaban J connectivity index is 2.44. The second-order valence-corrected chi connectivity index (χ2v) is 9.48. The number of aromatic nitrogens is 1. The van der Waals surface area contributed by atoms with Crippen LogP contribution >= 0.6 is 27.5 Å².